The van der Waals surface area contributed by atoms with Gasteiger partial charge in [-0.05, 0) is 36.9 Å². The third-order valence-electron chi connectivity index (χ3n) is 4.66. The number of benzene rings is 2. The van der Waals surface area contributed by atoms with Gasteiger partial charge in [-0.25, -0.2) is 4.98 Å². The molecule has 0 unspecified atom stereocenters. The number of aromatic nitrogens is 2. The SMILES string of the molecule is CSc1ccccc1C(=O)N1CC[C@@H](n2cnc3ccccc32)C1. The number of carbonyl (C=O) groups excluding carboxylic acids is 1. The van der Waals surface area contributed by atoms with Crippen LogP contribution in [0.4, 0.5) is 0 Å². The van der Waals surface area contributed by atoms with Crippen molar-refractivity contribution in [2.24, 2.45) is 0 Å². The van der Waals surface area contributed by atoms with E-state index in [9.17, 15) is 4.79 Å². The molecule has 1 aliphatic rings. The molecule has 0 saturated carbocycles. The van der Waals surface area contributed by atoms with Gasteiger partial charge >= 0.3 is 0 Å². The Morgan fingerprint density at radius 3 is 2.83 bits per heavy atom. The van der Waals surface area contributed by atoms with E-state index in [0.29, 0.717) is 6.04 Å². The number of imidazole rings is 1. The van der Waals surface area contributed by atoms with Crippen LogP contribution in [0, 0.1) is 0 Å². The van der Waals surface area contributed by atoms with Crippen LogP contribution in [0.2, 0.25) is 0 Å². The number of fused-ring (bicyclic) bond motifs is 1. The molecule has 1 aliphatic heterocycles. The molecule has 0 N–H and O–H groups in total. The van der Waals surface area contributed by atoms with Gasteiger partial charge in [0.1, 0.15) is 0 Å². The molecule has 1 fully saturated rings. The topological polar surface area (TPSA) is 38.1 Å². The van der Waals surface area contributed by atoms with Gasteiger partial charge in [0, 0.05) is 18.0 Å². The minimum atomic E-state index is 0.131. The monoisotopic (exact) mass is 337 g/mol. The second-order valence-corrected chi connectivity index (χ2v) is 6.88. The lowest BCUT2D eigenvalue weighted by Crippen LogP contribution is -2.29. The Labute approximate surface area is 145 Å². The zero-order valence-corrected chi connectivity index (χ0v) is 14.4. The van der Waals surface area contributed by atoms with Crippen LogP contribution in [0.5, 0.6) is 0 Å². The van der Waals surface area contributed by atoms with Crippen LogP contribution >= 0.6 is 11.8 Å². The fourth-order valence-electron chi connectivity index (χ4n) is 3.41. The number of thioether (sulfide) groups is 1. The Balaban J connectivity index is 1.57. The molecule has 0 radical (unpaired) electrons. The lowest BCUT2D eigenvalue weighted by molar-refractivity contribution is 0.0784. The molecule has 4 nitrogen and oxygen atoms in total. The number of hydrogen-bond acceptors (Lipinski definition) is 3. The van der Waals surface area contributed by atoms with Crippen LogP contribution in [0.1, 0.15) is 22.8 Å². The summed E-state index contributed by atoms with van der Waals surface area (Å²) in [5.74, 6) is 0.131. The minimum Gasteiger partial charge on any atom is -0.336 e. The minimum absolute atomic E-state index is 0.131. The molecule has 3 aromatic rings. The molecular formula is C19H19N3OS. The van der Waals surface area contributed by atoms with Gasteiger partial charge in [0.05, 0.1) is 29.0 Å². The Bertz CT molecular complexity index is 889. The summed E-state index contributed by atoms with van der Waals surface area (Å²) in [4.78, 5) is 20.4. The summed E-state index contributed by atoms with van der Waals surface area (Å²) in [6.45, 7) is 1.53. The van der Waals surface area contributed by atoms with Crippen molar-refractivity contribution < 1.29 is 4.79 Å². The van der Waals surface area contributed by atoms with Crippen molar-refractivity contribution in [1.29, 1.82) is 0 Å². The molecule has 1 amide bonds. The molecule has 0 aliphatic carbocycles. The number of carbonyl (C=O) groups is 1. The predicted octanol–water partition coefficient (Wildman–Crippen LogP) is 3.85. The van der Waals surface area contributed by atoms with Gasteiger partial charge in [0.25, 0.3) is 5.91 Å². The Morgan fingerprint density at radius 2 is 1.96 bits per heavy atom. The third-order valence-corrected chi connectivity index (χ3v) is 5.46. The van der Waals surface area contributed by atoms with Gasteiger partial charge in [-0.3, -0.25) is 4.79 Å². The average Bonchev–Trinajstić information content (AvgIpc) is 3.27. The van der Waals surface area contributed by atoms with Crippen molar-refractivity contribution in [3.05, 3.63) is 60.4 Å². The zero-order chi connectivity index (χ0) is 16.5. The van der Waals surface area contributed by atoms with Crippen LogP contribution < -0.4 is 0 Å². The van der Waals surface area contributed by atoms with E-state index < -0.39 is 0 Å². The number of para-hydroxylation sites is 2. The zero-order valence-electron chi connectivity index (χ0n) is 13.6. The summed E-state index contributed by atoms with van der Waals surface area (Å²) in [6, 6.07) is 16.3. The van der Waals surface area contributed by atoms with Gasteiger partial charge < -0.3 is 9.47 Å². The largest absolute Gasteiger partial charge is 0.336 e. The number of hydrogen-bond donors (Lipinski definition) is 0. The summed E-state index contributed by atoms with van der Waals surface area (Å²) < 4.78 is 2.21. The molecule has 2 heterocycles. The molecular weight excluding hydrogens is 318 g/mol. The average molecular weight is 337 g/mol. The highest BCUT2D eigenvalue weighted by Gasteiger charge is 2.29. The molecule has 1 atom stereocenters. The van der Waals surface area contributed by atoms with Crippen molar-refractivity contribution in [1.82, 2.24) is 14.5 Å². The number of likely N-dealkylation sites (tertiary alicyclic amines) is 1. The highest BCUT2D eigenvalue weighted by atomic mass is 32.2. The molecule has 1 saturated heterocycles. The Morgan fingerprint density at radius 1 is 1.17 bits per heavy atom. The molecule has 2 aromatic carbocycles. The van der Waals surface area contributed by atoms with Crippen molar-refractivity contribution in [2.75, 3.05) is 19.3 Å². The second-order valence-electron chi connectivity index (χ2n) is 6.03. The van der Waals surface area contributed by atoms with Crippen molar-refractivity contribution in [3.8, 4) is 0 Å². The maximum absolute atomic E-state index is 12.9. The van der Waals surface area contributed by atoms with E-state index in [-0.39, 0.29) is 5.91 Å². The molecule has 4 rings (SSSR count). The number of amides is 1. The van der Waals surface area contributed by atoms with Crippen LogP contribution in [-0.2, 0) is 0 Å². The molecule has 1 aromatic heterocycles. The summed E-state index contributed by atoms with van der Waals surface area (Å²) in [5.41, 5.74) is 2.96. The molecule has 24 heavy (non-hydrogen) atoms. The third kappa shape index (κ3) is 2.59. The standard InChI is InChI=1S/C19H19N3OS/c1-24-18-9-5-2-6-15(18)19(23)21-11-10-14(12-21)22-13-20-16-7-3-4-8-17(16)22/h2-9,13-14H,10-12H2,1H3/t14-/m1/s1. The Kier molecular flexibility index (Phi) is 4.02. The predicted molar refractivity (Wildman–Crippen MR) is 97.5 cm³/mol. The summed E-state index contributed by atoms with van der Waals surface area (Å²) in [6.07, 6.45) is 4.88. The van der Waals surface area contributed by atoms with E-state index in [0.717, 1.165) is 41.0 Å². The number of nitrogens with zero attached hydrogens (tertiary/aromatic N) is 3. The van der Waals surface area contributed by atoms with Crippen molar-refractivity contribution in [2.45, 2.75) is 17.4 Å². The van der Waals surface area contributed by atoms with Gasteiger partial charge in [0.2, 0.25) is 0 Å². The quantitative estimate of drug-likeness (QED) is 0.682. The summed E-state index contributed by atoms with van der Waals surface area (Å²) in [5, 5.41) is 0. The maximum Gasteiger partial charge on any atom is 0.255 e. The molecule has 5 heteroatoms. The lowest BCUT2D eigenvalue weighted by atomic mass is 10.2. The first-order valence-electron chi connectivity index (χ1n) is 8.12. The van der Waals surface area contributed by atoms with Gasteiger partial charge in [-0.1, -0.05) is 24.3 Å². The van der Waals surface area contributed by atoms with E-state index in [1.54, 1.807) is 11.8 Å². The fourth-order valence-corrected chi connectivity index (χ4v) is 4.00. The summed E-state index contributed by atoms with van der Waals surface area (Å²) in [7, 11) is 0. The van der Waals surface area contributed by atoms with Crippen LogP contribution in [-0.4, -0.2) is 39.7 Å². The van der Waals surface area contributed by atoms with Gasteiger partial charge in [-0.2, -0.15) is 0 Å². The first-order chi connectivity index (χ1) is 11.8. The lowest BCUT2D eigenvalue weighted by Gasteiger charge is -2.19. The first-order valence-corrected chi connectivity index (χ1v) is 9.34. The Hall–Kier alpha value is -2.27. The molecule has 122 valence electrons. The van der Waals surface area contributed by atoms with E-state index in [1.165, 1.54) is 0 Å². The van der Waals surface area contributed by atoms with E-state index >= 15 is 0 Å². The second kappa shape index (κ2) is 6.32. The fraction of sp³-hybridized carbons (Fsp3) is 0.263. The smallest absolute Gasteiger partial charge is 0.255 e. The van der Waals surface area contributed by atoms with Gasteiger partial charge in [0.15, 0.2) is 0 Å². The van der Waals surface area contributed by atoms with E-state index in [4.69, 9.17) is 0 Å². The highest BCUT2D eigenvalue weighted by Crippen LogP contribution is 2.28. The van der Waals surface area contributed by atoms with Crippen LogP contribution in [0.15, 0.2) is 59.8 Å². The van der Waals surface area contributed by atoms with E-state index in [2.05, 4.69) is 15.6 Å². The maximum atomic E-state index is 12.9. The normalized spacial score (nSPS) is 17.5. The van der Waals surface area contributed by atoms with Gasteiger partial charge in [-0.15, -0.1) is 11.8 Å². The molecule has 0 bridgehead atoms. The summed E-state index contributed by atoms with van der Waals surface area (Å²) >= 11 is 1.62. The van der Waals surface area contributed by atoms with Crippen LogP contribution in [0.3, 0.4) is 0 Å². The number of rotatable bonds is 3. The molecule has 0 spiro atoms. The first kappa shape index (κ1) is 15.3. The van der Waals surface area contributed by atoms with Crippen molar-refractivity contribution >= 4 is 28.7 Å². The van der Waals surface area contributed by atoms with E-state index in [1.807, 2.05) is 59.9 Å². The van der Waals surface area contributed by atoms with Crippen LogP contribution in [0.25, 0.3) is 11.0 Å². The van der Waals surface area contributed by atoms with Crippen molar-refractivity contribution in [3.63, 3.8) is 0 Å². The highest BCUT2D eigenvalue weighted by molar-refractivity contribution is 7.98.